The Kier molecular flexibility index (Phi) is 11.0. The van der Waals surface area contributed by atoms with E-state index >= 15 is 0 Å². The molecule has 3 amide bonds. The van der Waals surface area contributed by atoms with Crippen LogP contribution in [-0.2, 0) is 14.2 Å². The molecule has 0 aromatic heterocycles. The van der Waals surface area contributed by atoms with Crippen molar-refractivity contribution in [3.8, 4) is 0 Å². The molecule has 9 nitrogen and oxygen atoms in total. The highest BCUT2D eigenvalue weighted by atomic mass is 16.6. The molecule has 0 unspecified atom stereocenters. The van der Waals surface area contributed by atoms with Crippen molar-refractivity contribution in [3.63, 3.8) is 0 Å². The van der Waals surface area contributed by atoms with Crippen LogP contribution in [0, 0.1) is 23.7 Å². The summed E-state index contributed by atoms with van der Waals surface area (Å²) in [6, 6.07) is 0. The van der Waals surface area contributed by atoms with Crippen molar-refractivity contribution in [1.29, 1.82) is 0 Å². The molecule has 1 radical (unpaired) electrons. The number of carbonyl (C=O) groups is 3. The maximum absolute atomic E-state index is 12.6. The van der Waals surface area contributed by atoms with Crippen LogP contribution in [0.1, 0.15) is 91.4 Å². The monoisotopic (exact) mass is 548 g/mol. The zero-order valence-corrected chi connectivity index (χ0v) is 24.4. The maximum Gasteiger partial charge on any atom is 0.410 e. The number of ether oxygens (including phenoxy) is 3. The van der Waals surface area contributed by atoms with Crippen LogP contribution in [0.15, 0.2) is 0 Å². The van der Waals surface area contributed by atoms with Gasteiger partial charge >= 0.3 is 18.3 Å². The lowest BCUT2D eigenvalue weighted by molar-refractivity contribution is 0.0201. The molecule has 9 heteroatoms. The van der Waals surface area contributed by atoms with Crippen molar-refractivity contribution in [1.82, 2.24) is 14.7 Å². The van der Waals surface area contributed by atoms with Crippen LogP contribution in [0.2, 0.25) is 0 Å². The third-order valence-corrected chi connectivity index (χ3v) is 9.10. The van der Waals surface area contributed by atoms with Gasteiger partial charge in [0.25, 0.3) is 0 Å². The smallest absolute Gasteiger partial charge is 0.410 e. The van der Waals surface area contributed by atoms with E-state index in [4.69, 9.17) is 14.2 Å². The molecule has 0 spiro atoms. The van der Waals surface area contributed by atoms with Gasteiger partial charge in [-0.3, -0.25) is 0 Å². The van der Waals surface area contributed by atoms with E-state index in [1.54, 1.807) is 5.92 Å². The molecule has 0 atom stereocenters. The summed E-state index contributed by atoms with van der Waals surface area (Å²) >= 11 is 0. The highest BCUT2D eigenvalue weighted by molar-refractivity contribution is 5.68. The van der Waals surface area contributed by atoms with Crippen LogP contribution < -0.4 is 0 Å². The highest BCUT2D eigenvalue weighted by Gasteiger charge is 2.36. The molecule has 1 aliphatic carbocycles. The molecule has 4 rings (SSSR count). The number of piperidine rings is 3. The molecule has 3 saturated heterocycles. The number of rotatable bonds is 8. The molecule has 1 saturated carbocycles. The second-order valence-electron chi connectivity index (χ2n) is 12.3. The number of nitrogens with zero attached hydrogens (tertiary/aromatic N) is 3. The molecule has 221 valence electrons. The Morgan fingerprint density at radius 2 is 1.18 bits per heavy atom. The summed E-state index contributed by atoms with van der Waals surface area (Å²) in [5, 5.41) is 0. The van der Waals surface area contributed by atoms with Gasteiger partial charge in [-0.05, 0) is 115 Å². The fourth-order valence-corrected chi connectivity index (χ4v) is 6.46. The van der Waals surface area contributed by atoms with Crippen molar-refractivity contribution in [3.05, 3.63) is 5.92 Å². The minimum absolute atomic E-state index is 0.0951. The molecule has 0 aromatic rings. The summed E-state index contributed by atoms with van der Waals surface area (Å²) in [6.07, 6.45) is 10.9. The minimum Gasteiger partial charge on any atom is -0.450 e. The highest BCUT2D eigenvalue weighted by Crippen LogP contribution is 2.40. The minimum atomic E-state index is -0.192. The van der Waals surface area contributed by atoms with Crippen molar-refractivity contribution in [2.45, 2.75) is 104 Å². The number of carbonyl (C=O) groups excluding carboxylic acids is 3. The Hall–Kier alpha value is -2.19. The lowest BCUT2D eigenvalue weighted by Gasteiger charge is -2.41. The second kappa shape index (κ2) is 14.4. The van der Waals surface area contributed by atoms with Crippen LogP contribution in [0.3, 0.4) is 0 Å². The Morgan fingerprint density at radius 1 is 0.692 bits per heavy atom. The Balaban J connectivity index is 1.30. The van der Waals surface area contributed by atoms with Gasteiger partial charge in [0.1, 0.15) is 6.10 Å². The predicted molar refractivity (Wildman–Crippen MR) is 148 cm³/mol. The fourth-order valence-electron chi connectivity index (χ4n) is 6.46. The number of likely N-dealkylation sites (tertiary alicyclic amines) is 3. The topological polar surface area (TPSA) is 88.6 Å². The van der Waals surface area contributed by atoms with Gasteiger partial charge in [0, 0.05) is 39.3 Å². The first-order valence-electron chi connectivity index (χ1n) is 15.5. The first-order valence-corrected chi connectivity index (χ1v) is 15.5. The predicted octanol–water partition coefficient (Wildman–Crippen LogP) is 5.87. The molecular formula is C30H50N3O6. The molecule has 3 heterocycles. The van der Waals surface area contributed by atoms with Gasteiger partial charge in [0.05, 0.1) is 12.7 Å². The average Bonchev–Trinajstić information content (AvgIpc) is 2.91. The van der Waals surface area contributed by atoms with E-state index in [-0.39, 0.29) is 30.5 Å². The number of hydrogen-bond acceptors (Lipinski definition) is 6. The van der Waals surface area contributed by atoms with E-state index in [9.17, 15) is 14.4 Å². The molecule has 0 bridgehead atoms. The normalized spacial score (nSPS) is 22.2. The number of amides is 3. The molecule has 3 aliphatic heterocycles. The average molecular weight is 549 g/mol. The molecule has 4 aliphatic rings. The van der Waals surface area contributed by atoms with Gasteiger partial charge in [-0.2, -0.15) is 0 Å². The lowest BCUT2D eigenvalue weighted by atomic mass is 9.72. The van der Waals surface area contributed by atoms with Gasteiger partial charge in [-0.25, -0.2) is 14.4 Å². The van der Waals surface area contributed by atoms with Gasteiger partial charge in [-0.1, -0.05) is 0 Å². The second-order valence-corrected chi connectivity index (χ2v) is 12.3. The maximum atomic E-state index is 12.6. The van der Waals surface area contributed by atoms with Crippen molar-refractivity contribution in [2.24, 2.45) is 17.8 Å². The fraction of sp³-hybridized carbons (Fsp3) is 0.867. The van der Waals surface area contributed by atoms with Crippen molar-refractivity contribution in [2.75, 3.05) is 45.9 Å². The first-order chi connectivity index (χ1) is 18.8. The van der Waals surface area contributed by atoms with Crippen LogP contribution >= 0.6 is 0 Å². The van der Waals surface area contributed by atoms with E-state index < -0.39 is 0 Å². The summed E-state index contributed by atoms with van der Waals surface area (Å²) < 4.78 is 16.3. The van der Waals surface area contributed by atoms with Crippen LogP contribution in [-0.4, -0.2) is 91.1 Å². The Labute approximate surface area is 234 Å². The Bertz CT molecular complexity index is 795. The third kappa shape index (κ3) is 8.65. The summed E-state index contributed by atoms with van der Waals surface area (Å²) in [5.74, 6) is 3.31. The SMILES string of the molecule is CCOC(=O)N1CCC(C[C](CC2CCN(C(=O)OC(C)C)CC2)C2CCN(C(=O)OC3CCC3)CC2)CC1. The van der Waals surface area contributed by atoms with Gasteiger partial charge in [0.15, 0.2) is 0 Å². The van der Waals surface area contributed by atoms with E-state index in [2.05, 4.69) is 0 Å². The van der Waals surface area contributed by atoms with Crippen LogP contribution in [0.4, 0.5) is 14.4 Å². The molecule has 39 heavy (non-hydrogen) atoms. The van der Waals surface area contributed by atoms with Gasteiger partial charge in [0.2, 0.25) is 0 Å². The van der Waals surface area contributed by atoms with Crippen LogP contribution in [0.25, 0.3) is 0 Å². The van der Waals surface area contributed by atoms with E-state index in [0.717, 1.165) is 110 Å². The zero-order chi connectivity index (χ0) is 27.8. The summed E-state index contributed by atoms with van der Waals surface area (Å²) in [5.41, 5.74) is 0. The van der Waals surface area contributed by atoms with Crippen molar-refractivity contribution >= 4 is 18.3 Å². The summed E-state index contributed by atoms with van der Waals surface area (Å²) in [7, 11) is 0. The third-order valence-electron chi connectivity index (χ3n) is 9.10. The zero-order valence-electron chi connectivity index (χ0n) is 24.4. The molecule has 0 N–H and O–H groups in total. The van der Waals surface area contributed by atoms with E-state index in [0.29, 0.717) is 24.4 Å². The standard InChI is InChI=1S/C30H50N3O6/c1-4-37-28(34)31-14-8-23(9-15-31)20-26(21-24-10-16-32(17-11-24)29(35)38-22(2)3)25-12-18-33(19-13-25)30(36)39-27-6-5-7-27/h22-25,27H,4-21H2,1-3H3. The quantitative estimate of drug-likeness (QED) is 0.353. The summed E-state index contributed by atoms with van der Waals surface area (Å²) in [4.78, 5) is 42.7. The number of hydrogen-bond donors (Lipinski definition) is 0. The lowest BCUT2D eigenvalue weighted by Crippen LogP contribution is -2.43. The molecule has 4 fully saturated rings. The largest absolute Gasteiger partial charge is 0.450 e. The van der Waals surface area contributed by atoms with E-state index in [1.165, 1.54) is 0 Å². The van der Waals surface area contributed by atoms with Crippen molar-refractivity contribution < 1.29 is 28.6 Å². The van der Waals surface area contributed by atoms with Gasteiger partial charge in [-0.15, -0.1) is 0 Å². The molecular weight excluding hydrogens is 498 g/mol. The Morgan fingerprint density at radius 3 is 1.64 bits per heavy atom. The summed E-state index contributed by atoms with van der Waals surface area (Å²) in [6.45, 7) is 10.6. The van der Waals surface area contributed by atoms with E-state index in [1.807, 2.05) is 35.5 Å². The molecule has 0 aromatic carbocycles. The first kappa shape index (κ1) is 29.8. The van der Waals surface area contributed by atoms with Gasteiger partial charge < -0.3 is 28.9 Å². The van der Waals surface area contributed by atoms with Crippen LogP contribution in [0.5, 0.6) is 0 Å².